The van der Waals surface area contributed by atoms with Gasteiger partial charge in [0, 0.05) is 37.3 Å². The summed E-state index contributed by atoms with van der Waals surface area (Å²) in [4.78, 5) is 0. The average molecular weight is 289 g/mol. The van der Waals surface area contributed by atoms with Gasteiger partial charge in [0.25, 0.3) is 0 Å². The highest BCUT2D eigenvalue weighted by Crippen LogP contribution is 2.31. The van der Waals surface area contributed by atoms with Gasteiger partial charge in [0.05, 0.1) is 19.9 Å². The summed E-state index contributed by atoms with van der Waals surface area (Å²) in [5, 5.41) is 7.96. The predicted molar refractivity (Wildman–Crippen MR) is 82.9 cm³/mol. The van der Waals surface area contributed by atoms with Crippen LogP contribution >= 0.6 is 0 Å². The van der Waals surface area contributed by atoms with Crippen LogP contribution < -0.4 is 14.8 Å². The first-order chi connectivity index (χ1) is 10.2. The van der Waals surface area contributed by atoms with Gasteiger partial charge in [-0.1, -0.05) is 13.0 Å². The minimum atomic E-state index is 0.158. The molecule has 0 spiro atoms. The number of hydrogen-bond donors (Lipinski definition) is 1. The molecule has 0 aliphatic heterocycles. The second-order valence-electron chi connectivity index (χ2n) is 4.90. The minimum Gasteiger partial charge on any atom is -0.497 e. The molecule has 1 aromatic heterocycles. The molecule has 5 nitrogen and oxygen atoms in total. The van der Waals surface area contributed by atoms with Gasteiger partial charge >= 0.3 is 0 Å². The van der Waals surface area contributed by atoms with Crippen molar-refractivity contribution in [1.29, 1.82) is 0 Å². The monoisotopic (exact) mass is 289 g/mol. The molecule has 1 aromatic carbocycles. The van der Waals surface area contributed by atoms with E-state index < -0.39 is 0 Å². The topological polar surface area (TPSA) is 48.3 Å². The van der Waals surface area contributed by atoms with Gasteiger partial charge in [0.2, 0.25) is 0 Å². The van der Waals surface area contributed by atoms with E-state index in [1.54, 1.807) is 14.2 Å². The maximum absolute atomic E-state index is 5.51. The molecule has 21 heavy (non-hydrogen) atoms. The Labute approximate surface area is 125 Å². The fourth-order valence-electron chi connectivity index (χ4n) is 2.43. The van der Waals surface area contributed by atoms with Gasteiger partial charge in [-0.3, -0.25) is 4.68 Å². The lowest BCUT2D eigenvalue weighted by atomic mass is 10.0. The van der Waals surface area contributed by atoms with E-state index in [2.05, 4.69) is 17.3 Å². The Kier molecular flexibility index (Phi) is 5.22. The van der Waals surface area contributed by atoms with Crippen molar-refractivity contribution in [1.82, 2.24) is 15.1 Å². The van der Waals surface area contributed by atoms with Crippen LogP contribution in [0.2, 0.25) is 0 Å². The molecule has 0 saturated heterocycles. The van der Waals surface area contributed by atoms with Gasteiger partial charge in [-0.15, -0.1) is 0 Å². The highest BCUT2D eigenvalue weighted by atomic mass is 16.5. The van der Waals surface area contributed by atoms with Crippen LogP contribution in [0.1, 0.15) is 24.2 Å². The van der Waals surface area contributed by atoms with Crippen molar-refractivity contribution in [2.45, 2.75) is 19.4 Å². The molecular formula is C16H23N3O2. The van der Waals surface area contributed by atoms with Gasteiger partial charge in [-0.05, 0) is 18.7 Å². The van der Waals surface area contributed by atoms with Crippen LogP contribution in [0, 0.1) is 0 Å². The lowest BCUT2D eigenvalue weighted by molar-refractivity contribution is 0.384. The zero-order chi connectivity index (χ0) is 15.2. The number of nitrogens with zero attached hydrogens (tertiary/aromatic N) is 2. The molecule has 0 radical (unpaired) electrons. The first-order valence-corrected chi connectivity index (χ1v) is 7.11. The lowest BCUT2D eigenvalue weighted by Gasteiger charge is -2.20. The maximum Gasteiger partial charge on any atom is 0.127 e. The van der Waals surface area contributed by atoms with Crippen LogP contribution in [-0.2, 0) is 13.5 Å². The number of benzene rings is 1. The van der Waals surface area contributed by atoms with E-state index in [4.69, 9.17) is 9.47 Å². The van der Waals surface area contributed by atoms with Crippen molar-refractivity contribution >= 4 is 0 Å². The quantitative estimate of drug-likeness (QED) is 0.850. The molecule has 0 aliphatic rings. The van der Waals surface area contributed by atoms with Gasteiger partial charge in [-0.25, -0.2) is 0 Å². The van der Waals surface area contributed by atoms with E-state index in [1.807, 2.05) is 42.2 Å². The summed E-state index contributed by atoms with van der Waals surface area (Å²) in [5.41, 5.74) is 2.17. The SMILES string of the molecule is CCNC(Cc1ccn(C)n1)c1ccc(OC)cc1OC. The Morgan fingerprint density at radius 2 is 2.05 bits per heavy atom. The fourth-order valence-corrected chi connectivity index (χ4v) is 2.43. The van der Waals surface area contributed by atoms with E-state index in [-0.39, 0.29) is 6.04 Å². The molecule has 5 heteroatoms. The molecule has 1 N–H and O–H groups in total. The number of rotatable bonds is 7. The van der Waals surface area contributed by atoms with Crippen LogP contribution in [0.3, 0.4) is 0 Å². The normalized spacial score (nSPS) is 12.2. The fraction of sp³-hybridized carbons (Fsp3) is 0.438. The zero-order valence-electron chi connectivity index (χ0n) is 13.1. The highest BCUT2D eigenvalue weighted by Gasteiger charge is 2.17. The van der Waals surface area contributed by atoms with E-state index in [0.29, 0.717) is 0 Å². The Balaban J connectivity index is 2.28. The molecule has 1 atom stereocenters. The summed E-state index contributed by atoms with van der Waals surface area (Å²) >= 11 is 0. The van der Waals surface area contributed by atoms with E-state index >= 15 is 0 Å². The number of aromatic nitrogens is 2. The van der Waals surface area contributed by atoms with E-state index in [0.717, 1.165) is 35.7 Å². The van der Waals surface area contributed by atoms with Gasteiger partial charge in [0.15, 0.2) is 0 Å². The minimum absolute atomic E-state index is 0.158. The summed E-state index contributed by atoms with van der Waals surface area (Å²) in [6, 6.07) is 8.12. The molecule has 0 aliphatic carbocycles. The van der Waals surface area contributed by atoms with Crippen molar-refractivity contribution < 1.29 is 9.47 Å². The van der Waals surface area contributed by atoms with Gasteiger partial charge in [0.1, 0.15) is 11.5 Å². The number of ether oxygens (including phenoxy) is 2. The summed E-state index contributed by atoms with van der Waals surface area (Å²) < 4.78 is 12.6. The van der Waals surface area contributed by atoms with E-state index in [9.17, 15) is 0 Å². The molecule has 0 amide bonds. The molecule has 0 bridgehead atoms. The van der Waals surface area contributed by atoms with Crippen LogP contribution in [0.25, 0.3) is 0 Å². The van der Waals surface area contributed by atoms with Gasteiger partial charge in [-0.2, -0.15) is 5.10 Å². The number of likely N-dealkylation sites (N-methyl/N-ethyl adjacent to an activating group) is 1. The van der Waals surface area contributed by atoms with Crippen molar-refractivity contribution in [3.63, 3.8) is 0 Å². The van der Waals surface area contributed by atoms with Crippen molar-refractivity contribution in [3.05, 3.63) is 41.7 Å². The summed E-state index contributed by atoms with van der Waals surface area (Å²) in [6.07, 6.45) is 2.78. The third-order valence-corrected chi connectivity index (χ3v) is 3.45. The predicted octanol–water partition coefficient (Wildman–Crippen LogP) is 2.33. The molecule has 114 valence electrons. The second-order valence-corrected chi connectivity index (χ2v) is 4.90. The summed E-state index contributed by atoms with van der Waals surface area (Å²) in [5.74, 6) is 1.62. The summed E-state index contributed by atoms with van der Waals surface area (Å²) in [7, 11) is 5.27. The molecule has 2 rings (SSSR count). The van der Waals surface area contributed by atoms with Crippen molar-refractivity contribution in [3.8, 4) is 11.5 Å². The Hall–Kier alpha value is -2.01. The van der Waals surface area contributed by atoms with Crippen LogP contribution in [-0.4, -0.2) is 30.5 Å². The first kappa shape index (κ1) is 15.4. The number of aryl methyl sites for hydroxylation is 1. The van der Waals surface area contributed by atoms with Crippen molar-refractivity contribution in [2.75, 3.05) is 20.8 Å². The van der Waals surface area contributed by atoms with Crippen molar-refractivity contribution in [2.24, 2.45) is 7.05 Å². The Bertz CT molecular complexity index is 581. The van der Waals surface area contributed by atoms with Crippen LogP contribution in [0.15, 0.2) is 30.5 Å². The molecular weight excluding hydrogens is 266 g/mol. The summed E-state index contributed by atoms with van der Waals surface area (Å²) in [6.45, 7) is 2.98. The van der Waals surface area contributed by atoms with Crippen LogP contribution in [0.5, 0.6) is 11.5 Å². The third kappa shape index (κ3) is 3.76. The second kappa shape index (κ2) is 7.13. The average Bonchev–Trinajstić information content (AvgIpc) is 2.91. The number of hydrogen-bond acceptors (Lipinski definition) is 4. The van der Waals surface area contributed by atoms with E-state index in [1.165, 1.54) is 0 Å². The Morgan fingerprint density at radius 1 is 1.24 bits per heavy atom. The van der Waals surface area contributed by atoms with Gasteiger partial charge < -0.3 is 14.8 Å². The number of nitrogens with one attached hydrogen (secondary N) is 1. The van der Waals surface area contributed by atoms with Crippen LogP contribution in [0.4, 0.5) is 0 Å². The maximum atomic E-state index is 5.51. The first-order valence-electron chi connectivity index (χ1n) is 7.11. The standard InChI is InChI=1S/C16H23N3O2/c1-5-17-15(10-12-8-9-19(2)18-12)14-7-6-13(20-3)11-16(14)21-4/h6-9,11,15,17H,5,10H2,1-4H3. The number of methoxy groups -OCH3 is 2. The third-order valence-electron chi connectivity index (χ3n) is 3.45. The highest BCUT2D eigenvalue weighted by molar-refractivity contribution is 5.43. The molecule has 1 heterocycles. The Morgan fingerprint density at radius 3 is 2.62 bits per heavy atom. The molecule has 2 aromatic rings. The molecule has 1 unspecified atom stereocenters. The molecule has 0 saturated carbocycles. The zero-order valence-corrected chi connectivity index (χ0v) is 13.1. The molecule has 0 fully saturated rings. The smallest absolute Gasteiger partial charge is 0.127 e. The largest absolute Gasteiger partial charge is 0.497 e. The lowest BCUT2D eigenvalue weighted by Crippen LogP contribution is -2.23.